The Morgan fingerprint density at radius 2 is 2.38 bits per heavy atom. The van der Waals surface area contributed by atoms with Crippen LogP contribution in [0.15, 0.2) is 28.4 Å². The summed E-state index contributed by atoms with van der Waals surface area (Å²) in [7, 11) is 1.37. The maximum Gasteiger partial charge on any atom is 0.337 e. The molecular weight excluding hydrogens is 168 g/mol. The van der Waals surface area contributed by atoms with Crippen LogP contribution in [0.5, 0.6) is 0 Å². The number of carbonyl (C=O) groups excluding carboxylic acids is 1. The van der Waals surface area contributed by atoms with Crippen molar-refractivity contribution in [3.05, 3.63) is 29.3 Å². The summed E-state index contributed by atoms with van der Waals surface area (Å²) < 4.78 is 4.60. The highest BCUT2D eigenvalue weighted by molar-refractivity contribution is 5.90. The van der Waals surface area contributed by atoms with Crippen LogP contribution in [0.1, 0.15) is 15.9 Å². The number of nitrogens with zero attached hydrogens (tertiary/aromatic N) is 2. The summed E-state index contributed by atoms with van der Waals surface area (Å²) in [5.74, 6) is -0.324. The Morgan fingerprint density at radius 1 is 1.54 bits per heavy atom. The first-order valence-electron chi connectivity index (χ1n) is 3.90. The van der Waals surface area contributed by atoms with Gasteiger partial charge in [-0.15, -0.1) is 0 Å². The quantitative estimate of drug-likeness (QED) is 0.615. The smallest absolute Gasteiger partial charge is 0.337 e. The summed E-state index contributed by atoms with van der Waals surface area (Å²) in [6.45, 7) is 0.556. The molecule has 0 aromatic heterocycles. The molecule has 0 saturated heterocycles. The number of methoxy groups -OCH3 is 1. The van der Waals surface area contributed by atoms with E-state index in [-0.39, 0.29) is 5.97 Å². The molecule has 0 spiro atoms. The van der Waals surface area contributed by atoms with Gasteiger partial charge in [-0.3, -0.25) is 0 Å². The third kappa shape index (κ3) is 1.30. The third-order valence-electron chi connectivity index (χ3n) is 1.92. The monoisotopic (exact) mass is 176 g/mol. The predicted octanol–water partition coefficient (Wildman–Crippen LogP) is 2.07. The Morgan fingerprint density at radius 3 is 3.15 bits per heavy atom. The Bertz CT molecular complexity index is 385. The molecule has 0 fully saturated rings. The van der Waals surface area contributed by atoms with E-state index in [2.05, 4.69) is 15.0 Å². The molecule has 4 heteroatoms. The van der Waals surface area contributed by atoms with Crippen LogP contribution >= 0.6 is 0 Å². The summed E-state index contributed by atoms with van der Waals surface area (Å²) >= 11 is 0. The van der Waals surface area contributed by atoms with Crippen molar-refractivity contribution in [2.45, 2.75) is 6.54 Å². The first-order valence-corrected chi connectivity index (χ1v) is 3.90. The SMILES string of the molecule is COC(=O)c1ccc2c(c1)CN=N2. The molecule has 1 aliphatic heterocycles. The van der Waals surface area contributed by atoms with Gasteiger partial charge >= 0.3 is 5.97 Å². The molecule has 0 bridgehead atoms. The second-order valence-corrected chi connectivity index (χ2v) is 2.73. The van der Waals surface area contributed by atoms with E-state index in [1.165, 1.54) is 7.11 Å². The van der Waals surface area contributed by atoms with Crippen molar-refractivity contribution in [3.8, 4) is 0 Å². The number of benzene rings is 1. The van der Waals surface area contributed by atoms with E-state index in [0.717, 1.165) is 11.3 Å². The second kappa shape index (κ2) is 2.97. The summed E-state index contributed by atoms with van der Waals surface area (Å²) in [5, 5.41) is 7.75. The van der Waals surface area contributed by atoms with Crippen molar-refractivity contribution < 1.29 is 9.53 Å². The summed E-state index contributed by atoms with van der Waals surface area (Å²) in [4.78, 5) is 11.1. The highest BCUT2D eigenvalue weighted by Crippen LogP contribution is 2.27. The maximum absolute atomic E-state index is 11.1. The van der Waals surface area contributed by atoms with Crippen molar-refractivity contribution in [2.75, 3.05) is 7.11 Å². The Labute approximate surface area is 75.2 Å². The number of carbonyl (C=O) groups is 1. The number of hydrogen-bond donors (Lipinski definition) is 0. The fourth-order valence-corrected chi connectivity index (χ4v) is 1.24. The average Bonchev–Trinajstić information content (AvgIpc) is 2.63. The van der Waals surface area contributed by atoms with E-state index >= 15 is 0 Å². The van der Waals surface area contributed by atoms with E-state index in [9.17, 15) is 4.79 Å². The molecule has 0 atom stereocenters. The molecule has 1 aromatic rings. The molecule has 1 aromatic carbocycles. The first kappa shape index (κ1) is 7.91. The normalized spacial score (nSPS) is 12.7. The fourth-order valence-electron chi connectivity index (χ4n) is 1.24. The first-order chi connectivity index (χ1) is 6.31. The number of esters is 1. The van der Waals surface area contributed by atoms with Crippen molar-refractivity contribution in [2.24, 2.45) is 10.2 Å². The molecule has 0 N–H and O–H groups in total. The Hall–Kier alpha value is -1.71. The highest BCUT2D eigenvalue weighted by atomic mass is 16.5. The van der Waals surface area contributed by atoms with Gasteiger partial charge in [-0.1, -0.05) is 0 Å². The van der Waals surface area contributed by atoms with Crippen LogP contribution in [-0.4, -0.2) is 13.1 Å². The lowest BCUT2D eigenvalue weighted by atomic mass is 10.1. The average molecular weight is 176 g/mol. The largest absolute Gasteiger partial charge is 0.465 e. The van der Waals surface area contributed by atoms with Gasteiger partial charge in [0.25, 0.3) is 0 Å². The van der Waals surface area contributed by atoms with E-state index in [1.54, 1.807) is 18.2 Å². The van der Waals surface area contributed by atoms with Gasteiger partial charge in [-0.25, -0.2) is 4.79 Å². The molecule has 0 saturated carbocycles. The molecule has 13 heavy (non-hydrogen) atoms. The van der Waals surface area contributed by atoms with Gasteiger partial charge in [0.2, 0.25) is 0 Å². The number of azo groups is 1. The van der Waals surface area contributed by atoms with Gasteiger partial charge < -0.3 is 4.74 Å². The van der Waals surface area contributed by atoms with Gasteiger partial charge in [0.05, 0.1) is 24.9 Å². The summed E-state index contributed by atoms with van der Waals surface area (Å²) in [6.07, 6.45) is 0. The minimum atomic E-state index is -0.324. The van der Waals surface area contributed by atoms with E-state index < -0.39 is 0 Å². The molecule has 0 aliphatic carbocycles. The highest BCUT2D eigenvalue weighted by Gasteiger charge is 2.11. The summed E-state index contributed by atoms with van der Waals surface area (Å²) in [5.41, 5.74) is 2.36. The molecular formula is C9H8N2O2. The Kier molecular flexibility index (Phi) is 1.81. The molecule has 1 aliphatic rings. The van der Waals surface area contributed by atoms with Crippen LogP contribution in [0, 0.1) is 0 Å². The minimum Gasteiger partial charge on any atom is -0.465 e. The lowest BCUT2D eigenvalue weighted by molar-refractivity contribution is 0.0600. The topological polar surface area (TPSA) is 51.0 Å². The zero-order valence-corrected chi connectivity index (χ0v) is 7.15. The molecule has 0 radical (unpaired) electrons. The molecule has 2 rings (SSSR count). The number of rotatable bonds is 1. The van der Waals surface area contributed by atoms with E-state index in [0.29, 0.717) is 12.1 Å². The van der Waals surface area contributed by atoms with E-state index in [1.807, 2.05) is 0 Å². The van der Waals surface area contributed by atoms with Gasteiger partial charge in [0.1, 0.15) is 0 Å². The minimum absolute atomic E-state index is 0.324. The van der Waals surface area contributed by atoms with Crippen molar-refractivity contribution in [1.29, 1.82) is 0 Å². The second-order valence-electron chi connectivity index (χ2n) is 2.73. The van der Waals surface area contributed by atoms with Gasteiger partial charge in [0.15, 0.2) is 0 Å². The third-order valence-corrected chi connectivity index (χ3v) is 1.92. The number of fused-ring (bicyclic) bond motifs is 1. The zero-order valence-electron chi connectivity index (χ0n) is 7.15. The van der Waals surface area contributed by atoms with Crippen LogP contribution in [0.3, 0.4) is 0 Å². The summed E-state index contributed by atoms with van der Waals surface area (Å²) in [6, 6.07) is 5.23. The van der Waals surface area contributed by atoms with Crippen LogP contribution in [0.2, 0.25) is 0 Å². The molecule has 0 amide bonds. The number of ether oxygens (including phenoxy) is 1. The maximum atomic E-state index is 11.1. The van der Waals surface area contributed by atoms with Crippen molar-refractivity contribution >= 4 is 11.7 Å². The lowest BCUT2D eigenvalue weighted by Crippen LogP contribution is -2.01. The molecule has 4 nitrogen and oxygen atoms in total. The fraction of sp³-hybridized carbons (Fsp3) is 0.222. The van der Waals surface area contributed by atoms with Gasteiger partial charge in [0, 0.05) is 5.56 Å². The van der Waals surface area contributed by atoms with E-state index in [4.69, 9.17) is 0 Å². The van der Waals surface area contributed by atoms with Crippen LogP contribution in [0.25, 0.3) is 0 Å². The zero-order chi connectivity index (χ0) is 9.26. The predicted molar refractivity (Wildman–Crippen MR) is 46.0 cm³/mol. The van der Waals surface area contributed by atoms with Crippen LogP contribution in [0.4, 0.5) is 5.69 Å². The number of hydrogen-bond acceptors (Lipinski definition) is 4. The van der Waals surface area contributed by atoms with Crippen LogP contribution < -0.4 is 0 Å². The van der Waals surface area contributed by atoms with Crippen LogP contribution in [-0.2, 0) is 11.3 Å². The standard InChI is InChI=1S/C9H8N2O2/c1-13-9(12)6-2-3-8-7(4-6)5-10-11-8/h2-4H,5H2,1H3. The lowest BCUT2D eigenvalue weighted by Gasteiger charge is -2.00. The van der Waals surface area contributed by atoms with Gasteiger partial charge in [-0.2, -0.15) is 10.2 Å². The Balaban J connectivity index is 2.38. The molecule has 0 unspecified atom stereocenters. The molecule has 66 valence electrons. The molecule has 1 heterocycles. The van der Waals surface area contributed by atoms with Crippen molar-refractivity contribution in [1.82, 2.24) is 0 Å². The van der Waals surface area contributed by atoms with Gasteiger partial charge in [-0.05, 0) is 18.2 Å². The van der Waals surface area contributed by atoms with Crippen molar-refractivity contribution in [3.63, 3.8) is 0 Å².